The quantitative estimate of drug-likeness (QED) is 0.808. The Morgan fingerprint density at radius 2 is 2.09 bits per heavy atom. The van der Waals surface area contributed by atoms with Crippen LogP contribution in [0.1, 0.15) is 51.7 Å². The van der Waals surface area contributed by atoms with Gasteiger partial charge in [0, 0.05) is 25.6 Å². The molecule has 0 aromatic carbocycles. The van der Waals surface area contributed by atoms with Gasteiger partial charge in [0.1, 0.15) is 0 Å². The van der Waals surface area contributed by atoms with E-state index in [2.05, 4.69) is 40.7 Å². The maximum atomic E-state index is 5.38. The molecule has 124 valence electrons. The smallest absolute Gasteiger partial charge is 0.240 e. The summed E-state index contributed by atoms with van der Waals surface area (Å²) in [6.07, 6.45) is 4.96. The van der Waals surface area contributed by atoms with Gasteiger partial charge in [-0.25, -0.2) is 0 Å². The van der Waals surface area contributed by atoms with Crippen LogP contribution in [-0.2, 0) is 13.0 Å². The summed E-state index contributed by atoms with van der Waals surface area (Å²) in [6, 6.07) is 0.650. The molecule has 0 radical (unpaired) electrons. The average Bonchev–Trinajstić information content (AvgIpc) is 3.23. The van der Waals surface area contributed by atoms with E-state index in [1.807, 2.05) is 0 Å². The first-order chi connectivity index (χ1) is 10.7. The number of rotatable bonds is 6. The second-order valence-corrected chi connectivity index (χ2v) is 7.30. The van der Waals surface area contributed by atoms with Gasteiger partial charge < -0.3 is 4.52 Å². The van der Waals surface area contributed by atoms with E-state index in [1.165, 1.54) is 32.4 Å². The summed E-state index contributed by atoms with van der Waals surface area (Å²) >= 11 is 0. The number of nitrogens with zero attached hydrogens (tertiary/aromatic N) is 4. The second-order valence-electron chi connectivity index (χ2n) is 7.30. The third kappa shape index (κ3) is 4.07. The van der Waals surface area contributed by atoms with Crippen molar-refractivity contribution in [3.63, 3.8) is 0 Å². The van der Waals surface area contributed by atoms with E-state index in [0.717, 1.165) is 43.7 Å². The first-order valence-electron chi connectivity index (χ1n) is 8.93. The van der Waals surface area contributed by atoms with Crippen LogP contribution in [0.25, 0.3) is 0 Å². The third-order valence-electron chi connectivity index (χ3n) is 4.98. The lowest BCUT2D eigenvalue weighted by atomic mass is 10.0. The van der Waals surface area contributed by atoms with Crippen LogP contribution in [0, 0.1) is 11.8 Å². The number of hydrogen-bond acceptors (Lipinski definition) is 5. The molecule has 1 aliphatic heterocycles. The molecule has 2 fully saturated rings. The lowest BCUT2D eigenvalue weighted by Gasteiger charge is -2.34. The van der Waals surface area contributed by atoms with Crippen LogP contribution in [0.5, 0.6) is 0 Å². The van der Waals surface area contributed by atoms with Crippen LogP contribution < -0.4 is 0 Å². The topological polar surface area (TPSA) is 45.4 Å². The Kier molecular flexibility index (Phi) is 5.14. The summed E-state index contributed by atoms with van der Waals surface area (Å²) in [5.41, 5.74) is 0. The molecule has 1 atom stereocenters. The molecule has 2 heterocycles. The van der Waals surface area contributed by atoms with Gasteiger partial charge in [-0.3, -0.25) is 9.80 Å². The van der Waals surface area contributed by atoms with Crippen molar-refractivity contribution in [3.05, 3.63) is 11.7 Å². The van der Waals surface area contributed by atoms with Gasteiger partial charge in [0.2, 0.25) is 5.89 Å². The van der Waals surface area contributed by atoms with Gasteiger partial charge >= 0.3 is 0 Å². The largest absolute Gasteiger partial charge is 0.338 e. The van der Waals surface area contributed by atoms with E-state index in [0.29, 0.717) is 12.0 Å². The standard InChI is InChI=1S/C17H30N4O/c1-4-16-18-17(22-19-16)12-20-8-5-9-21(10-14-6-7-14)15(11-20)13(2)3/h13-15H,4-12H2,1-3H3/t15-/m0/s1. The maximum Gasteiger partial charge on any atom is 0.240 e. The molecule has 0 bridgehead atoms. The highest BCUT2D eigenvalue weighted by molar-refractivity contribution is 4.90. The van der Waals surface area contributed by atoms with E-state index in [9.17, 15) is 0 Å². The zero-order valence-corrected chi connectivity index (χ0v) is 14.3. The Hall–Kier alpha value is -0.940. The average molecular weight is 306 g/mol. The van der Waals surface area contributed by atoms with E-state index in [-0.39, 0.29) is 0 Å². The summed E-state index contributed by atoms with van der Waals surface area (Å²) in [5.74, 6) is 3.25. The minimum Gasteiger partial charge on any atom is -0.338 e. The monoisotopic (exact) mass is 306 g/mol. The van der Waals surface area contributed by atoms with Crippen molar-refractivity contribution >= 4 is 0 Å². The van der Waals surface area contributed by atoms with Crippen LogP contribution in [0.3, 0.4) is 0 Å². The zero-order chi connectivity index (χ0) is 15.5. The van der Waals surface area contributed by atoms with E-state index in [4.69, 9.17) is 4.52 Å². The van der Waals surface area contributed by atoms with Gasteiger partial charge in [-0.05, 0) is 44.2 Å². The Bertz CT molecular complexity index is 469. The van der Waals surface area contributed by atoms with Crippen molar-refractivity contribution in [2.24, 2.45) is 11.8 Å². The van der Waals surface area contributed by atoms with Gasteiger partial charge in [0.05, 0.1) is 6.54 Å². The highest BCUT2D eigenvalue weighted by atomic mass is 16.5. The molecular weight excluding hydrogens is 276 g/mol. The van der Waals surface area contributed by atoms with Crippen molar-refractivity contribution in [1.82, 2.24) is 19.9 Å². The van der Waals surface area contributed by atoms with Gasteiger partial charge in [-0.2, -0.15) is 4.98 Å². The number of hydrogen-bond donors (Lipinski definition) is 0. The van der Waals surface area contributed by atoms with Gasteiger partial charge in [-0.15, -0.1) is 0 Å². The molecule has 2 aliphatic rings. The molecular formula is C17H30N4O. The molecule has 0 spiro atoms. The predicted molar refractivity (Wildman–Crippen MR) is 86.5 cm³/mol. The summed E-state index contributed by atoms with van der Waals surface area (Å²) < 4.78 is 5.38. The van der Waals surface area contributed by atoms with Crippen LogP contribution in [0.15, 0.2) is 4.52 Å². The number of aromatic nitrogens is 2. The van der Waals surface area contributed by atoms with Crippen molar-refractivity contribution < 1.29 is 4.52 Å². The molecule has 0 N–H and O–H groups in total. The van der Waals surface area contributed by atoms with Crippen LogP contribution in [0.4, 0.5) is 0 Å². The molecule has 22 heavy (non-hydrogen) atoms. The van der Waals surface area contributed by atoms with Crippen molar-refractivity contribution in [2.75, 3.05) is 26.2 Å². The Labute approximate surface area is 134 Å². The summed E-state index contributed by atoms with van der Waals surface area (Å²) in [7, 11) is 0. The Morgan fingerprint density at radius 3 is 2.73 bits per heavy atom. The van der Waals surface area contributed by atoms with E-state index < -0.39 is 0 Å². The molecule has 3 rings (SSSR count). The predicted octanol–water partition coefficient (Wildman–Crippen LogP) is 2.57. The molecule has 0 amide bonds. The summed E-state index contributed by atoms with van der Waals surface area (Å²) in [5, 5.41) is 4.02. The van der Waals surface area contributed by atoms with Crippen molar-refractivity contribution in [1.29, 1.82) is 0 Å². The maximum absolute atomic E-state index is 5.38. The van der Waals surface area contributed by atoms with Gasteiger partial charge in [0.25, 0.3) is 0 Å². The highest BCUT2D eigenvalue weighted by Gasteiger charge is 2.32. The fourth-order valence-electron chi connectivity index (χ4n) is 3.46. The van der Waals surface area contributed by atoms with Crippen molar-refractivity contribution in [3.8, 4) is 0 Å². The molecule has 0 unspecified atom stereocenters. The van der Waals surface area contributed by atoms with Gasteiger partial charge in [-0.1, -0.05) is 25.9 Å². The summed E-state index contributed by atoms with van der Waals surface area (Å²) in [6.45, 7) is 12.4. The SMILES string of the molecule is CCc1noc(CN2CCCN(CC3CC3)[C@H](C(C)C)C2)n1. The Morgan fingerprint density at radius 1 is 1.27 bits per heavy atom. The van der Waals surface area contributed by atoms with E-state index >= 15 is 0 Å². The van der Waals surface area contributed by atoms with E-state index in [1.54, 1.807) is 0 Å². The minimum absolute atomic E-state index is 0.650. The zero-order valence-electron chi connectivity index (χ0n) is 14.3. The second kappa shape index (κ2) is 7.09. The molecule has 5 nitrogen and oxygen atoms in total. The highest BCUT2D eigenvalue weighted by Crippen LogP contribution is 2.32. The lowest BCUT2D eigenvalue weighted by molar-refractivity contribution is 0.127. The number of aryl methyl sites for hydroxylation is 1. The van der Waals surface area contributed by atoms with Gasteiger partial charge in [0.15, 0.2) is 5.82 Å². The van der Waals surface area contributed by atoms with Crippen molar-refractivity contribution in [2.45, 2.75) is 59.0 Å². The minimum atomic E-state index is 0.650. The molecule has 5 heteroatoms. The first-order valence-corrected chi connectivity index (χ1v) is 8.93. The molecule has 1 aromatic rings. The van der Waals surface area contributed by atoms with Crippen LogP contribution in [0.2, 0.25) is 0 Å². The van der Waals surface area contributed by atoms with Crippen LogP contribution in [-0.4, -0.2) is 52.2 Å². The Balaban J connectivity index is 1.62. The summed E-state index contributed by atoms with van der Waals surface area (Å²) in [4.78, 5) is 9.72. The fourth-order valence-corrected chi connectivity index (χ4v) is 3.46. The molecule has 1 aliphatic carbocycles. The molecule has 1 aromatic heterocycles. The molecule has 1 saturated carbocycles. The lowest BCUT2D eigenvalue weighted by Crippen LogP contribution is -2.45. The third-order valence-corrected chi connectivity index (χ3v) is 4.98. The van der Waals surface area contributed by atoms with Crippen LogP contribution >= 0.6 is 0 Å². The first kappa shape index (κ1) is 15.9. The molecule has 1 saturated heterocycles. The normalized spacial score (nSPS) is 24.8. The fraction of sp³-hybridized carbons (Fsp3) is 0.882.